The number of carbonyl (C=O) groups excluding carboxylic acids is 3. The van der Waals surface area contributed by atoms with Crippen LogP contribution in [-0.4, -0.2) is 74.5 Å². The molecular weight excluding hydrogens is 707 g/mol. The van der Waals surface area contributed by atoms with Crippen molar-refractivity contribution in [3.8, 4) is 0 Å². The average molecular weight is 780 g/mol. The molecule has 3 amide bonds. The van der Waals surface area contributed by atoms with Crippen LogP contribution in [0.1, 0.15) is 118 Å². The van der Waals surface area contributed by atoms with Crippen LogP contribution in [0.5, 0.6) is 0 Å². The van der Waals surface area contributed by atoms with Gasteiger partial charge in [0.15, 0.2) is 0 Å². The number of para-hydroxylation sites is 1. The first-order valence-electron chi connectivity index (χ1n) is 20.4. The third-order valence-electron chi connectivity index (χ3n) is 9.09. The van der Waals surface area contributed by atoms with Crippen molar-refractivity contribution in [3.63, 3.8) is 0 Å². The summed E-state index contributed by atoms with van der Waals surface area (Å²) in [6.07, 6.45) is 3.19. The van der Waals surface area contributed by atoms with E-state index < -0.39 is 11.7 Å². The molecule has 56 heavy (non-hydrogen) atoms. The Labute approximate surface area is 337 Å². The molecular formula is C44H73N7O5. The van der Waals surface area contributed by atoms with Crippen LogP contribution in [0.3, 0.4) is 0 Å². The maximum atomic E-state index is 13.8. The fourth-order valence-electron chi connectivity index (χ4n) is 5.96. The predicted octanol–water partition coefficient (Wildman–Crippen LogP) is 7.34. The van der Waals surface area contributed by atoms with Crippen LogP contribution in [0.2, 0.25) is 0 Å². The van der Waals surface area contributed by atoms with E-state index in [1.807, 2.05) is 104 Å². The van der Waals surface area contributed by atoms with E-state index in [0.717, 1.165) is 42.4 Å². The Morgan fingerprint density at radius 1 is 0.929 bits per heavy atom. The molecule has 7 N–H and O–H groups in total. The fourth-order valence-corrected chi connectivity index (χ4v) is 5.96. The number of amides is 3. The maximum Gasteiger partial charge on any atom is 0.407 e. The highest BCUT2D eigenvalue weighted by molar-refractivity contribution is 6.01. The molecule has 0 saturated carbocycles. The first-order valence-corrected chi connectivity index (χ1v) is 20.4. The van der Waals surface area contributed by atoms with Crippen molar-refractivity contribution in [3.05, 3.63) is 77.4 Å². The average Bonchev–Trinajstić information content (AvgIpc) is 3.17. The van der Waals surface area contributed by atoms with E-state index in [1.54, 1.807) is 4.90 Å². The van der Waals surface area contributed by atoms with E-state index in [9.17, 15) is 14.4 Å². The SMILES string of the molecule is C=C(C)C(CCCCNC(=O)OCCN(N)/C1=C(\N)c2ccccc2N(C(=O)CCC(=O)NCC(C)(C)OCCC(C)C)Cc2ccccc21)NC.CC.CC. The lowest BCUT2D eigenvalue weighted by Crippen LogP contribution is -2.41. The number of benzene rings is 2. The molecule has 2 aromatic carbocycles. The maximum absolute atomic E-state index is 13.8. The van der Waals surface area contributed by atoms with Gasteiger partial charge >= 0.3 is 6.09 Å². The molecule has 1 aliphatic heterocycles. The lowest BCUT2D eigenvalue weighted by Gasteiger charge is -2.33. The Balaban J connectivity index is 0.00000379. The van der Waals surface area contributed by atoms with E-state index in [1.165, 1.54) is 5.01 Å². The number of hydrogen-bond donors (Lipinski definition) is 5. The normalized spacial score (nSPS) is 14.0. The molecule has 0 aromatic heterocycles. The summed E-state index contributed by atoms with van der Waals surface area (Å²) < 4.78 is 11.4. The number of unbranched alkanes of at least 4 members (excludes halogenated alkanes) is 1. The van der Waals surface area contributed by atoms with Gasteiger partial charge in [0.05, 0.1) is 35.8 Å². The summed E-state index contributed by atoms with van der Waals surface area (Å²) in [5.74, 6) is 6.75. The zero-order valence-electron chi connectivity index (χ0n) is 36.1. The summed E-state index contributed by atoms with van der Waals surface area (Å²) in [6.45, 7) is 24.1. The lowest BCUT2D eigenvalue weighted by atomic mass is 9.95. The van der Waals surface area contributed by atoms with Crippen LogP contribution in [0.25, 0.3) is 11.4 Å². The number of alkyl carbamates (subject to hydrolysis) is 1. The van der Waals surface area contributed by atoms with Gasteiger partial charge in [0, 0.05) is 49.7 Å². The van der Waals surface area contributed by atoms with Crippen molar-refractivity contribution in [2.24, 2.45) is 17.5 Å². The number of nitrogens with one attached hydrogen (secondary N) is 3. The van der Waals surface area contributed by atoms with Gasteiger partial charge in [-0.15, -0.1) is 0 Å². The Bertz CT molecular complexity index is 1540. The predicted molar refractivity (Wildman–Crippen MR) is 231 cm³/mol. The van der Waals surface area contributed by atoms with Gasteiger partial charge in [-0.05, 0) is 71.0 Å². The number of anilines is 1. The summed E-state index contributed by atoms with van der Waals surface area (Å²) in [6, 6.07) is 15.3. The van der Waals surface area contributed by atoms with Crippen molar-refractivity contribution in [2.75, 3.05) is 44.8 Å². The van der Waals surface area contributed by atoms with Gasteiger partial charge < -0.3 is 41.1 Å². The monoisotopic (exact) mass is 780 g/mol. The standard InChI is InChI=1S/C40H61N7O5.2C2H6/c1-28(2)21-24-52-40(5,6)27-45-35(48)19-20-36(49)46-26-30-14-8-9-15-31(30)38(37(41)32-16-10-11-18-34(32)46)47(42)23-25-51-39(50)44-22-13-12-17-33(43-7)29(3)4;2*1-2/h8-11,14-16,18,28,33,43H,3,12-13,17,19-27,41-42H2,1-2,4-7H3,(H,44,50)(H,45,48);2*1-2H3/b38-37-;;. The van der Waals surface area contributed by atoms with Gasteiger partial charge in [0.1, 0.15) is 6.61 Å². The summed E-state index contributed by atoms with van der Waals surface area (Å²) in [5.41, 5.74) is 11.2. The van der Waals surface area contributed by atoms with Crippen LogP contribution in [0.15, 0.2) is 60.7 Å². The Hall–Kier alpha value is -4.39. The Kier molecular flexibility index (Phi) is 23.5. The van der Waals surface area contributed by atoms with Crippen molar-refractivity contribution in [1.29, 1.82) is 0 Å². The highest BCUT2D eigenvalue weighted by atomic mass is 16.5. The summed E-state index contributed by atoms with van der Waals surface area (Å²) in [7, 11) is 1.92. The second-order valence-electron chi connectivity index (χ2n) is 14.4. The molecule has 2 aromatic rings. The number of likely N-dealkylation sites (N-methyl/N-ethyl adjacent to an activating group) is 1. The molecule has 0 aliphatic carbocycles. The third kappa shape index (κ3) is 16.8. The number of nitrogens with two attached hydrogens (primary N) is 2. The zero-order chi connectivity index (χ0) is 42.3. The van der Waals surface area contributed by atoms with E-state index in [4.69, 9.17) is 21.1 Å². The van der Waals surface area contributed by atoms with Crippen molar-refractivity contribution in [2.45, 2.75) is 119 Å². The van der Waals surface area contributed by atoms with E-state index in [-0.39, 0.29) is 50.4 Å². The summed E-state index contributed by atoms with van der Waals surface area (Å²) >= 11 is 0. The molecule has 0 spiro atoms. The topological polar surface area (TPSA) is 164 Å². The number of carbonyl (C=O) groups is 3. The minimum Gasteiger partial charge on any atom is -0.448 e. The molecule has 0 saturated heterocycles. The molecule has 12 heteroatoms. The van der Waals surface area contributed by atoms with Gasteiger partial charge in [-0.3, -0.25) is 9.59 Å². The first-order chi connectivity index (χ1) is 26.7. The van der Waals surface area contributed by atoms with Crippen LogP contribution >= 0.6 is 0 Å². The van der Waals surface area contributed by atoms with Crippen LogP contribution in [-0.2, 0) is 25.6 Å². The molecule has 0 bridgehead atoms. The number of hydrazine groups is 1. The number of hydrogen-bond acceptors (Lipinski definition) is 9. The van der Waals surface area contributed by atoms with Gasteiger partial charge in [0.2, 0.25) is 11.8 Å². The molecule has 1 heterocycles. The van der Waals surface area contributed by atoms with Crippen molar-refractivity contribution >= 4 is 35.0 Å². The largest absolute Gasteiger partial charge is 0.448 e. The number of nitrogens with zero attached hydrogens (tertiary/aromatic N) is 2. The minimum absolute atomic E-state index is 0.0147. The summed E-state index contributed by atoms with van der Waals surface area (Å²) in [4.78, 5) is 40.7. The van der Waals surface area contributed by atoms with Crippen molar-refractivity contribution < 1.29 is 23.9 Å². The van der Waals surface area contributed by atoms with Crippen LogP contribution in [0, 0.1) is 5.92 Å². The molecule has 1 atom stereocenters. The van der Waals surface area contributed by atoms with Crippen LogP contribution < -0.4 is 32.4 Å². The molecule has 1 aliphatic rings. The van der Waals surface area contributed by atoms with Gasteiger partial charge in [0.25, 0.3) is 0 Å². The molecule has 1 unspecified atom stereocenters. The van der Waals surface area contributed by atoms with Gasteiger partial charge in [-0.1, -0.05) is 96.2 Å². The fraction of sp³-hybridized carbons (Fsp3) is 0.568. The van der Waals surface area contributed by atoms with Gasteiger partial charge in [-0.2, -0.15) is 0 Å². The third-order valence-corrected chi connectivity index (χ3v) is 9.09. The molecule has 314 valence electrons. The van der Waals surface area contributed by atoms with Crippen molar-refractivity contribution in [1.82, 2.24) is 21.0 Å². The molecule has 0 radical (unpaired) electrons. The Morgan fingerprint density at radius 2 is 1.57 bits per heavy atom. The minimum atomic E-state index is -0.515. The summed E-state index contributed by atoms with van der Waals surface area (Å²) in [5, 5.41) is 10.5. The highest BCUT2D eigenvalue weighted by Gasteiger charge is 2.28. The molecule has 0 fully saturated rings. The van der Waals surface area contributed by atoms with Gasteiger partial charge in [-0.25, -0.2) is 10.6 Å². The zero-order valence-corrected chi connectivity index (χ0v) is 36.1. The smallest absolute Gasteiger partial charge is 0.407 e. The molecule has 12 nitrogen and oxygen atoms in total. The quantitative estimate of drug-likeness (QED) is 0.0400. The number of ether oxygens (including phenoxy) is 2. The molecule has 3 rings (SSSR count). The Morgan fingerprint density at radius 3 is 2.21 bits per heavy atom. The first kappa shape index (κ1) is 49.6. The second kappa shape index (κ2) is 26.5. The number of fused-ring (bicyclic) bond motifs is 2. The second-order valence-corrected chi connectivity index (χ2v) is 14.4. The van der Waals surface area contributed by atoms with Crippen LogP contribution in [0.4, 0.5) is 10.5 Å². The number of rotatable bonds is 20. The van der Waals surface area contributed by atoms with E-state index in [0.29, 0.717) is 48.3 Å². The lowest BCUT2D eigenvalue weighted by molar-refractivity contribution is -0.126. The highest BCUT2D eigenvalue weighted by Crippen LogP contribution is 2.36. The van der Waals surface area contributed by atoms with E-state index >= 15 is 0 Å². The van der Waals surface area contributed by atoms with E-state index in [2.05, 4.69) is 36.4 Å².